The van der Waals surface area contributed by atoms with Gasteiger partial charge in [0, 0.05) is 6.42 Å². The van der Waals surface area contributed by atoms with Crippen molar-refractivity contribution in [2.75, 3.05) is 0 Å². The summed E-state index contributed by atoms with van der Waals surface area (Å²) in [6, 6.07) is 38.4. The highest BCUT2D eigenvalue weighted by atomic mass is 32.2. The summed E-state index contributed by atoms with van der Waals surface area (Å²) in [5.41, 5.74) is 3.22. The maximum absolute atomic E-state index is 14.4. The summed E-state index contributed by atoms with van der Waals surface area (Å²) in [6.45, 7) is 0. The lowest BCUT2D eigenvalue weighted by molar-refractivity contribution is 0.356. The van der Waals surface area contributed by atoms with Gasteiger partial charge in [0.2, 0.25) is 0 Å². The van der Waals surface area contributed by atoms with Crippen molar-refractivity contribution in [3.05, 3.63) is 155 Å². The Kier molecular flexibility index (Phi) is 6.56. The van der Waals surface area contributed by atoms with Crippen LogP contribution in [0.25, 0.3) is 0 Å². The second-order valence-electron chi connectivity index (χ2n) is 8.87. The van der Waals surface area contributed by atoms with Crippen LogP contribution in [0, 0.1) is 0 Å². The molecule has 0 aromatic heterocycles. The molecule has 4 aromatic rings. The molecule has 1 atom stereocenters. The molecule has 0 amide bonds. The summed E-state index contributed by atoms with van der Waals surface area (Å²) >= 11 is 0. The molecule has 1 aliphatic carbocycles. The summed E-state index contributed by atoms with van der Waals surface area (Å²) in [6.07, 6.45) is 4.13. The molecule has 176 valence electrons. The Hall–Kier alpha value is -3.63. The zero-order valence-corrected chi connectivity index (χ0v) is 20.3. The van der Waals surface area contributed by atoms with Gasteiger partial charge in [-0.3, -0.25) is 0 Å². The third-order valence-corrected chi connectivity index (χ3v) is 8.66. The molecule has 0 saturated carbocycles. The fraction of sp³-hybridized carbons (Fsp3) is 0.161. The van der Waals surface area contributed by atoms with Crippen LogP contribution in [0.2, 0.25) is 0 Å². The van der Waals surface area contributed by atoms with Gasteiger partial charge in [0.25, 0.3) is 0 Å². The van der Waals surface area contributed by atoms with Crippen LogP contribution in [0.4, 0.5) is 0 Å². The second-order valence-corrected chi connectivity index (χ2v) is 10.6. The average Bonchev–Trinajstić information content (AvgIpc) is 2.91. The van der Waals surface area contributed by atoms with Crippen molar-refractivity contribution in [3.8, 4) is 0 Å². The van der Waals surface area contributed by atoms with Crippen molar-refractivity contribution in [1.82, 2.24) is 0 Å². The van der Waals surface area contributed by atoms with Crippen molar-refractivity contribution in [1.29, 1.82) is 0 Å². The third kappa shape index (κ3) is 4.42. The van der Waals surface area contributed by atoms with Gasteiger partial charge in [-0.2, -0.15) is 8.42 Å². The fourth-order valence-corrected chi connectivity index (χ4v) is 6.90. The SMILES string of the molecule is O=S(=O)(OC1=CCC(c2ccccc2)CC1)C(c1ccccc1)(c1ccccc1)c1ccccc1. The Balaban J connectivity index is 1.60. The Morgan fingerprint density at radius 2 is 1.06 bits per heavy atom. The lowest BCUT2D eigenvalue weighted by Gasteiger charge is -2.35. The summed E-state index contributed by atoms with van der Waals surface area (Å²) in [5, 5.41) is 0. The van der Waals surface area contributed by atoms with Crippen LogP contribution < -0.4 is 0 Å². The van der Waals surface area contributed by atoms with E-state index < -0.39 is 14.9 Å². The minimum absolute atomic E-state index is 0.369. The number of hydrogen-bond donors (Lipinski definition) is 0. The van der Waals surface area contributed by atoms with Crippen LogP contribution in [-0.2, 0) is 19.0 Å². The summed E-state index contributed by atoms with van der Waals surface area (Å²) in [5.74, 6) is 0.887. The van der Waals surface area contributed by atoms with E-state index in [0.29, 0.717) is 34.8 Å². The topological polar surface area (TPSA) is 43.4 Å². The van der Waals surface area contributed by atoms with Gasteiger partial charge in [0.05, 0.1) is 0 Å². The predicted molar refractivity (Wildman–Crippen MR) is 140 cm³/mol. The van der Waals surface area contributed by atoms with Gasteiger partial charge < -0.3 is 4.18 Å². The highest BCUT2D eigenvalue weighted by Gasteiger charge is 2.51. The predicted octanol–water partition coefficient (Wildman–Crippen LogP) is 7.18. The van der Waals surface area contributed by atoms with Gasteiger partial charge in [-0.25, -0.2) is 0 Å². The fourth-order valence-electron chi connectivity index (χ4n) is 5.07. The molecule has 0 heterocycles. The zero-order valence-electron chi connectivity index (χ0n) is 19.5. The van der Waals surface area contributed by atoms with E-state index in [4.69, 9.17) is 4.18 Å². The molecule has 3 nitrogen and oxygen atoms in total. The molecule has 35 heavy (non-hydrogen) atoms. The summed E-state index contributed by atoms with van der Waals surface area (Å²) in [4.78, 5) is 0. The number of benzene rings is 4. The van der Waals surface area contributed by atoms with Crippen LogP contribution >= 0.6 is 0 Å². The molecule has 0 aliphatic heterocycles. The Bertz CT molecular complexity index is 1280. The maximum Gasteiger partial charge on any atom is 0.327 e. The second kappa shape index (κ2) is 9.93. The first kappa shape index (κ1) is 23.1. The van der Waals surface area contributed by atoms with E-state index >= 15 is 0 Å². The van der Waals surface area contributed by atoms with Crippen molar-refractivity contribution in [2.45, 2.75) is 29.9 Å². The van der Waals surface area contributed by atoms with Gasteiger partial charge in [0.15, 0.2) is 4.75 Å². The number of hydrogen-bond acceptors (Lipinski definition) is 3. The van der Waals surface area contributed by atoms with E-state index in [-0.39, 0.29) is 0 Å². The largest absolute Gasteiger partial charge is 0.386 e. The molecule has 0 radical (unpaired) electrons. The first-order chi connectivity index (χ1) is 17.1. The van der Waals surface area contributed by atoms with Crippen LogP contribution in [0.3, 0.4) is 0 Å². The van der Waals surface area contributed by atoms with Crippen molar-refractivity contribution in [2.24, 2.45) is 0 Å². The van der Waals surface area contributed by atoms with E-state index in [1.54, 1.807) is 0 Å². The van der Waals surface area contributed by atoms with Crippen molar-refractivity contribution in [3.63, 3.8) is 0 Å². The average molecular weight is 481 g/mol. The summed E-state index contributed by atoms with van der Waals surface area (Å²) < 4.78 is 33.3. The van der Waals surface area contributed by atoms with Gasteiger partial charge in [-0.1, -0.05) is 121 Å². The van der Waals surface area contributed by atoms with Gasteiger partial charge in [-0.15, -0.1) is 0 Å². The lowest BCUT2D eigenvalue weighted by atomic mass is 9.84. The summed E-state index contributed by atoms with van der Waals surface area (Å²) in [7, 11) is -4.19. The molecule has 0 N–H and O–H groups in total. The first-order valence-electron chi connectivity index (χ1n) is 12.0. The Labute approximate surface area is 207 Å². The van der Waals surface area contributed by atoms with Crippen LogP contribution in [0.1, 0.15) is 47.4 Å². The monoisotopic (exact) mass is 480 g/mol. The standard InChI is InChI=1S/C31H28O3S/c32-35(33,34-30-23-21-26(22-24-30)25-13-5-1-6-14-25)31(27-15-7-2-8-16-27,28-17-9-3-10-18-28)29-19-11-4-12-20-29/h1-20,23,26H,21-22,24H2. The Morgan fingerprint density at radius 3 is 1.46 bits per heavy atom. The number of rotatable bonds is 7. The smallest absolute Gasteiger partial charge is 0.327 e. The van der Waals surface area contributed by atoms with Crippen LogP contribution in [0.15, 0.2) is 133 Å². The van der Waals surface area contributed by atoms with Gasteiger partial charge >= 0.3 is 10.1 Å². The van der Waals surface area contributed by atoms with Crippen LogP contribution in [0.5, 0.6) is 0 Å². The maximum atomic E-state index is 14.4. The van der Waals surface area contributed by atoms with Crippen molar-refractivity contribution >= 4 is 10.1 Å². The molecular weight excluding hydrogens is 452 g/mol. The van der Waals surface area contributed by atoms with Crippen molar-refractivity contribution < 1.29 is 12.6 Å². The van der Waals surface area contributed by atoms with Crippen LogP contribution in [-0.4, -0.2) is 8.42 Å². The molecule has 0 fully saturated rings. The molecule has 0 spiro atoms. The molecular formula is C31H28O3S. The lowest BCUT2D eigenvalue weighted by Crippen LogP contribution is -2.39. The normalized spacial score (nSPS) is 16.3. The zero-order chi connectivity index (χ0) is 24.1. The molecule has 5 rings (SSSR count). The minimum Gasteiger partial charge on any atom is -0.386 e. The quantitative estimate of drug-likeness (QED) is 0.208. The highest BCUT2D eigenvalue weighted by molar-refractivity contribution is 7.88. The molecule has 0 bridgehead atoms. The van der Waals surface area contributed by atoms with Gasteiger partial charge in [0.1, 0.15) is 5.76 Å². The highest BCUT2D eigenvalue weighted by Crippen LogP contribution is 2.46. The molecule has 1 aliphatic rings. The Morgan fingerprint density at radius 1 is 0.629 bits per heavy atom. The van der Waals surface area contributed by atoms with E-state index in [0.717, 1.165) is 12.8 Å². The van der Waals surface area contributed by atoms with E-state index in [2.05, 4.69) is 12.1 Å². The molecule has 4 heteroatoms. The number of allylic oxidation sites excluding steroid dienone is 2. The van der Waals surface area contributed by atoms with E-state index in [1.807, 2.05) is 115 Å². The van der Waals surface area contributed by atoms with E-state index in [1.165, 1.54) is 5.56 Å². The first-order valence-corrected chi connectivity index (χ1v) is 13.4. The molecule has 0 saturated heterocycles. The third-order valence-electron chi connectivity index (χ3n) is 6.77. The van der Waals surface area contributed by atoms with Gasteiger partial charge in [-0.05, 0) is 47.1 Å². The molecule has 4 aromatic carbocycles. The van der Waals surface area contributed by atoms with E-state index in [9.17, 15) is 8.42 Å². The minimum atomic E-state index is -4.19. The molecule has 1 unspecified atom stereocenters.